The molecule has 0 unspecified atom stereocenters. The summed E-state index contributed by atoms with van der Waals surface area (Å²) in [5.74, 6) is 0. The molecule has 6 heteroatoms. The molecule has 3 N–H and O–H groups in total. The number of aliphatic hydroxyl groups excluding tert-OH is 2. The molecule has 0 aromatic heterocycles. The lowest BCUT2D eigenvalue weighted by Crippen LogP contribution is -2.37. The van der Waals surface area contributed by atoms with Crippen LogP contribution in [0.25, 0.3) is 0 Å². The van der Waals surface area contributed by atoms with Crippen molar-refractivity contribution in [2.75, 3.05) is 6.61 Å². The van der Waals surface area contributed by atoms with Crippen molar-refractivity contribution in [3.63, 3.8) is 0 Å². The number of nitro groups is 1. The number of non-ortho nitro benzene ring substituents is 1. The lowest BCUT2D eigenvalue weighted by Gasteiger charge is -2.22. The molecule has 2 rings (SSSR count). The summed E-state index contributed by atoms with van der Waals surface area (Å²) in [5.41, 5.74) is 1.52. The Morgan fingerprint density at radius 1 is 1.09 bits per heavy atom. The van der Waals surface area contributed by atoms with Crippen molar-refractivity contribution in [3.05, 3.63) is 75.8 Å². The minimum Gasteiger partial charge on any atom is -0.395 e. The van der Waals surface area contributed by atoms with Gasteiger partial charge >= 0.3 is 0 Å². The summed E-state index contributed by atoms with van der Waals surface area (Å²) in [4.78, 5) is 10.1. The first kappa shape index (κ1) is 16.1. The first-order valence-corrected chi connectivity index (χ1v) is 6.92. The summed E-state index contributed by atoms with van der Waals surface area (Å²) in [7, 11) is 0. The Morgan fingerprint density at radius 3 is 2.27 bits per heavy atom. The third-order valence-electron chi connectivity index (χ3n) is 3.43. The van der Waals surface area contributed by atoms with Gasteiger partial charge in [-0.1, -0.05) is 30.3 Å². The molecule has 0 saturated carbocycles. The molecule has 0 aliphatic carbocycles. The van der Waals surface area contributed by atoms with E-state index >= 15 is 0 Å². The number of hydrogen-bond acceptors (Lipinski definition) is 5. The predicted octanol–water partition coefficient (Wildman–Crippen LogP) is 1.78. The monoisotopic (exact) mass is 302 g/mol. The van der Waals surface area contributed by atoms with Crippen molar-refractivity contribution < 1.29 is 15.1 Å². The zero-order chi connectivity index (χ0) is 15.9. The number of rotatable bonds is 7. The van der Waals surface area contributed by atoms with E-state index in [1.807, 2.05) is 30.3 Å². The maximum absolute atomic E-state index is 10.6. The van der Waals surface area contributed by atoms with Crippen LogP contribution < -0.4 is 5.32 Å². The fraction of sp³-hybridized carbons (Fsp3) is 0.250. The fourth-order valence-electron chi connectivity index (χ4n) is 2.15. The third kappa shape index (κ3) is 4.11. The van der Waals surface area contributed by atoms with E-state index in [-0.39, 0.29) is 12.3 Å². The highest BCUT2D eigenvalue weighted by Crippen LogP contribution is 2.20. The molecule has 0 aliphatic rings. The van der Waals surface area contributed by atoms with Crippen molar-refractivity contribution >= 4 is 5.69 Å². The van der Waals surface area contributed by atoms with Gasteiger partial charge in [0.25, 0.3) is 5.69 Å². The Bertz CT molecular complexity index is 601. The average molecular weight is 302 g/mol. The molecule has 0 spiro atoms. The van der Waals surface area contributed by atoms with Crippen LogP contribution in [0, 0.1) is 10.1 Å². The van der Waals surface area contributed by atoms with Crippen molar-refractivity contribution in [1.29, 1.82) is 0 Å². The second-order valence-corrected chi connectivity index (χ2v) is 4.95. The Balaban J connectivity index is 2.01. The number of benzene rings is 2. The molecule has 116 valence electrons. The first-order chi connectivity index (χ1) is 10.6. The topological polar surface area (TPSA) is 95.6 Å². The normalized spacial score (nSPS) is 13.5. The summed E-state index contributed by atoms with van der Waals surface area (Å²) in [5, 5.41) is 33.5. The van der Waals surface area contributed by atoms with Gasteiger partial charge < -0.3 is 15.5 Å². The van der Waals surface area contributed by atoms with Crippen LogP contribution in [0.15, 0.2) is 54.6 Å². The van der Waals surface area contributed by atoms with Crippen LogP contribution in [0.1, 0.15) is 17.2 Å². The largest absolute Gasteiger partial charge is 0.395 e. The maximum Gasteiger partial charge on any atom is 0.269 e. The Kier molecular flexibility index (Phi) is 5.60. The number of nitrogens with zero attached hydrogens (tertiary/aromatic N) is 1. The van der Waals surface area contributed by atoms with Crippen LogP contribution in [0.5, 0.6) is 0 Å². The SMILES string of the molecule is O=[N+]([O-])c1ccc([C@H](O)[C@H](CO)NCc2ccccc2)cc1. The van der Waals surface area contributed by atoms with Gasteiger partial charge in [0.2, 0.25) is 0 Å². The minimum atomic E-state index is -0.950. The van der Waals surface area contributed by atoms with Gasteiger partial charge in [0.15, 0.2) is 0 Å². The molecule has 2 aromatic carbocycles. The smallest absolute Gasteiger partial charge is 0.269 e. The lowest BCUT2D eigenvalue weighted by molar-refractivity contribution is -0.384. The number of aliphatic hydroxyl groups is 2. The molecule has 0 saturated heterocycles. The van der Waals surface area contributed by atoms with Gasteiger partial charge in [-0.15, -0.1) is 0 Å². The Morgan fingerprint density at radius 2 is 1.73 bits per heavy atom. The Labute approximate surface area is 128 Å². The van der Waals surface area contributed by atoms with Crippen LogP contribution in [0.2, 0.25) is 0 Å². The second-order valence-electron chi connectivity index (χ2n) is 4.95. The second kappa shape index (κ2) is 7.65. The van der Waals surface area contributed by atoms with E-state index in [1.165, 1.54) is 24.3 Å². The van der Waals surface area contributed by atoms with E-state index in [2.05, 4.69) is 5.32 Å². The summed E-state index contributed by atoms with van der Waals surface area (Å²) in [6, 6.07) is 14.7. The molecule has 22 heavy (non-hydrogen) atoms. The molecule has 0 bridgehead atoms. The van der Waals surface area contributed by atoms with E-state index in [9.17, 15) is 20.3 Å². The van der Waals surface area contributed by atoms with Crippen LogP contribution in [0.3, 0.4) is 0 Å². The zero-order valence-corrected chi connectivity index (χ0v) is 11.9. The van der Waals surface area contributed by atoms with Crippen LogP contribution in [-0.4, -0.2) is 27.8 Å². The zero-order valence-electron chi connectivity index (χ0n) is 11.9. The minimum absolute atomic E-state index is 0.0336. The summed E-state index contributed by atoms with van der Waals surface area (Å²) in [6.07, 6.45) is -0.950. The molecular formula is C16H18N2O4. The summed E-state index contributed by atoms with van der Waals surface area (Å²) >= 11 is 0. The highest BCUT2D eigenvalue weighted by atomic mass is 16.6. The number of nitrogens with one attached hydrogen (secondary N) is 1. The van der Waals surface area contributed by atoms with Gasteiger partial charge in [0.05, 0.1) is 23.7 Å². The quantitative estimate of drug-likeness (QED) is 0.535. The van der Waals surface area contributed by atoms with E-state index in [0.717, 1.165) is 5.56 Å². The van der Waals surface area contributed by atoms with E-state index in [4.69, 9.17) is 0 Å². The van der Waals surface area contributed by atoms with Gasteiger partial charge in [-0.2, -0.15) is 0 Å². The van der Waals surface area contributed by atoms with E-state index in [0.29, 0.717) is 12.1 Å². The number of hydrogen-bond donors (Lipinski definition) is 3. The molecule has 0 heterocycles. The maximum atomic E-state index is 10.6. The van der Waals surface area contributed by atoms with E-state index in [1.54, 1.807) is 0 Å². The average Bonchev–Trinajstić information content (AvgIpc) is 2.56. The summed E-state index contributed by atoms with van der Waals surface area (Å²) < 4.78 is 0. The fourth-order valence-corrected chi connectivity index (χ4v) is 2.15. The van der Waals surface area contributed by atoms with Crippen molar-refractivity contribution in [3.8, 4) is 0 Å². The van der Waals surface area contributed by atoms with Crippen molar-refractivity contribution in [1.82, 2.24) is 5.32 Å². The first-order valence-electron chi connectivity index (χ1n) is 6.92. The molecule has 6 nitrogen and oxygen atoms in total. The molecule has 0 fully saturated rings. The van der Waals surface area contributed by atoms with Gasteiger partial charge in [0.1, 0.15) is 0 Å². The Hall–Kier alpha value is -2.28. The lowest BCUT2D eigenvalue weighted by atomic mass is 10.0. The molecule has 2 aromatic rings. The van der Waals surface area contributed by atoms with Gasteiger partial charge in [-0.05, 0) is 23.3 Å². The van der Waals surface area contributed by atoms with Crippen molar-refractivity contribution in [2.24, 2.45) is 0 Å². The molecule has 0 amide bonds. The predicted molar refractivity (Wildman–Crippen MR) is 82.2 cm³/mol. The van der Waals surface area contributed by atoms with Gasteiger partial charge in [-0.25, -0.2) is 0 Å². The third-order valence-corrected chi connectivity index (χ3v) is 3.43. The standard InChI is InChI=1S/C16H18N2O4/c19-11-15(17-10-12-4-2-1-3-5-12)16(20)13-6-8-14(9-7-13)18(21)22/h1-9,15-17,19-20H,10-11H2/t15-,16-/m0/s1. The highest BCUT2D eigenvalue weighted by molar-refractivity contribution is 5.34. The highest BCUT2D eigenvalue weighted by Gasteiger charge is 2.20. The molecular weight excluding hydrogens is 284 g/mol. The van der Waals surface area contributed by atoms with Crippen LogP contribution >= 0.6 is 0 Å². The van der Waals surface area contributed by atoms with Crippen LogP contribution in [0.4, 0.5) is 5.69 Å². The molecule has 2 atom stereocenters. The summed E-state index contributed by atoms with van der Waals surface area (Å²) in [6.45, 7) is 0.265. The molecule has 0 aliphatic heterocycles. The van der Waals surface area contributed by atoms with Gasteiger partial charge in [0, 0.05) is 18.7 Å². The molecule has 0 radical (unpaired) electrons. The van der Waals surface area contributed by atoms with Crippen LogP contribution in [-0.2, 0) is 6.54 Å². The van der Waals surface area contributed by atoms with E-state index < -0.39 is 17.1 Å². The number of nitro benzene ring substituents is 1. The van der Waals surface area contributed by atoms with Crippen molar-refractivity contribution in [2.45, 2.75) is 18.7 Å². The van der Waals surface area contributed by atoms with Gasteiger partial charge in [-0.3, -0.25) is 10.1 Å².